The van der Waals surface area contributed by atoms with Crippen LogP contribution < -0.4 is 10.6 Å². The maximum Gasteiger partial charge on any atom is 0.315 e. The Morgan fingerprint density at radius 3 is 2.55 bits per heavy atom. The maximum atomic E-state index is 11.3. The van der Waals surface area contributed by atoms with Gasteiger partial charge in [-0.1, -0.05) is 6.07 Å². The Balaban J connectivity index is 1.85. The molecule has 1 atom stereocenters. The maximum absolute atomic E-state index is 11.3. The number of nitro benzene ring substituents is 1. The molecule has 3 saturated heterocycles. The molecule has 4 rings (SSSR count). The van der Waals surface area contributed by atoms with Crippen LogP contribution in [0.5, 0.6) is 0 Å². The smallest absolute Gasteiger partial charge is 0.315 e. The number of fused-ring (bicyclic) bond motifs is 3. The number of piperidine rings is 3. The third-order valence-electron chi connectivity index (χ3n) is 4.48. The first kappa shape index (κ1) is 13.2. The zero-order valence-corrected chi connectivity index (χ0v) is 11.6. The van der Waals surface area contributed by atoms with Gasteiger partial charge in [0.15, 0.2) is 0 Å². The zero-order chi connectivity index (χ0) is 14.1. The molecule has 3 aliphatic heterocycles. The van der Waals surface area contributed by atoms with E-state index in [2.05, 4.69) is 15.5 Å². The third kappa shape index (κ3) is 2.31. The molecule has 3 fully saturated rings. The summed E-state index contributed by atoms with van der Waals surface area (Å²) in [7, 11) is 1.71. The van der Waals surface area contributed by atoms with Gasteiger partial charge in [0.1, 0.15) is 11.4 Å². The molecule has 2 N–H and O–H groups in total. The van der Waals surface area contributed by atoms with Crippen molar-refractivity contribution in [3.8, 4) is 0 Å². The minimum absolute atomic E-state index is 0.145. The van der Waals surface area contributed by atoms with E-state index >= 15 is 0 Å². The first-order chi connectivity index (χ1) is 9.69. The Morgan fingerprint density at radius 1 is 1.30 bits per heavy atom. The summed E-state index contributed by atoms with van der Waals surface area (Å²) in [5, 5.41) is 17.6. The Kier molecular flexibility index (Phi) is 3.48. The standard InChI is InChI=1S/C14H20N4O2/c1-15-11-3-2-4-12(14(11)18(19)20)16-13-9-17-7-5-10(13)6-8-17/h2-4,10,13,15-16H,5-9H2,1H3. The summed E-state index contributed by atoms with van der Waals surface area (Å²) in [6, 6.07) is 5.71. The topological polar surface area (TPSA) is 70.4 Å². The van der Waals surface area contributed by atoms with Gasteiger partial charge in [0.2, 0.25) is 0 Å². The van der Waals surface area contributed by atoms with E-state index in [-0.39, 0.29) is 10.6 Å². The monoisotopic (exact) mass is 276 g/mol. The molecule has 1 aromatic rings. The number of nitrogens with zero attached hydrogens (tertiary/aromatic N) is 2. The fourth-order valence-corrected chi connectivity index (χ4v) is 3.39. The van der Waals surface area contributed by atoms with Crippen molar-refractivity contribution in [1.82, 2.24) is 4.90 Å². The van der Waals surface area contributed by atoms with Crippen molar-refractivity contribution in [2.24, 2.45) is 5.92 Å². The van der Waals surface area contributed by atoms with Crippen LogP contribution in [0.3, 0.4) is 0 Å². The summed E-state index contributed by atoms with van der Waals surface area (Å²) in [5.74, 6) is 0.637. The third-order valence-corrected chi connectivity index (χ3v) is 4.48. The molecule has 0 radical (unpaired) electrons. The van der Waals surface area contributed by atoms with E-state index in [9.17, 15) is 10.1 Å². The molecule has 2 bridgehead atoms. The van der Waals surface area contributed by atoms with Crippen LogP contribution in [0.4, 0.5) is 17.1 Å². The van der Waals surface area contributed by atoms with Gasteiger partial charge in [-0.2, -0.15) is 0 Å². The van der Waals surface area contributed by atoms with Gasteiger partial charge in [-0.05, 0) is 44.0 Å². The number of benzene rings is 1. The lowest BCUT2D eigenvalue weighted by molar-refractivity contribution is -0.383. The Morgan fingerprint density at radius 2 is 2.00 bits per heavy atom. The van der Waals surface area contributed by atoms with E-state index < -0.39 is 0 Å². The predicted molar refractivity (Wildman–Crippen MR) is 79.2 cm³/mol. The highest BCUT2D eigenvalue weighted by atomic mass is 16.6. The number of nitrogens with one attached hydrogen (secondary N) is 2. The SMILES string of the molecule is CNc1cccc(NC2CN3CCC2CC3)c1[N+](=O)[O-]. The summed E-state index contributed by atoms with van der Waals surface area (Å²) in [6.07, 6.45) is 2.38. The van der Waals surface area contributed by atoms with Gasteiger partial charge in [-0.15, -0.1) is 0 Å². The Hall–Kier alpha value is -1.82. The Labute approximate surface area is 118 Å². The van der Waals surface area contributed by atoms with Crippen LogP contribution in [0.15, 0.2) is 18.2 Å². The van der Waals surface area contributed by atoms with Gasteiger partial charge < -0.3 is 15.5 Å². The van der Waals surface area contributed by atoms with E-state index in [1.54, 1.807) is 19.2 Å². The molecular formula is C14H20N4O2. The predicted octanol–water partition coefficient (Wildman–Crippen LogP) is 2.14. The lowest BCUT2D eigenvalue weighted by Crippen LogP contribution is -2.53. The molecule has 6 nitrogen and oxygen atoms in total. The van der Waals surface area contributed by atoms with Crippen LogP contribution in [0.25, 0.3) is 0 Å². The molecule has 3 heterocycles. The summed E-state index contributed by atoms with van der Waals surface area (Å²) in [6.45, 7) is 3.33. The normalized spacial score (nSPS) is 28.1. The van der Waals surface area contributed by atoms with Crippen LogP contribution in [0, 0.1) is 16.0 Å². The molecule has 0 saturated carbocycles. The van der Waals surface area contributed by atoms with Gasteiger partial charge in [0.25, 0.3) is 0 Å². The molecule has 3 aliphatic rings. The molecule has 1 aromatic carbocycles. The summed E-state index contributed by atoms with van der Waals surface area (Å²) < 4.78 is 0. The van der Waals surface area contributed by atoms with Crippen LogP contribution in [-0.2, 0) is 0 Å². The minimum Gasteiger partial charge on any atom is -0.382 e. The molecule has 6 heteroatoms. The van der Waals surface area contributed by atoms with E-state index in [0.717, 1.165) is 6.54 Å². The number of para-hydroxylation sites is 1. The molecule has 0 spiro atoms. The number of rotatable bonds is 4. The van der Waals surface area contributed by atoms with Gasteiger partial charge in [-0.25, -0.2) is 0 Å². The van der Waals surface area contributed by atoms with Crippen molar-refractivity contribution in [1.29, 1.82) is 0 Å². The van der Waals surface area contributed by atoms with Crippen molar-refractivity contribution in [3.05, 3.63) is 28.3 Å². The fraction of sp³-hybridized carbons (Fsp3) is 0.571. The number of hydrogen-bond acceptors (Lipinski definition) is 5. The number of anilines is 2. The Bertz CT molecular complexity index is 512. The van der Waals surface area contributed by atoms with Crippen molar-refractivity contribution >= 4 is 17.1 Å². The lowest BCUT2D eigenvalue weighted by atomic mass is 9.84. The van der Waals surface area contributed by atoms with Gasteiger partial charge in [0, 0.05) is 19.6 Å². The molecule has 108 valence electrons. The van der Waals surface area contributed by atoms with Gasteiger partial charge >= 0.3 is 5.69 Å². The first-order valence-electron chi connectivity index (χ1n) is 7.13. The number of nitro groups is 1. The first-order valence-corrected chi connectivity index (χ1v) is 7.13. The summed E-state index contributed by atoms with van der Waals surface area (Å²) >= 11 is 0. The van der Waals surface area contributed by atoms with Crippen molar-refractivity contribution in [2.45, 2.75) is 18.9 Å². The minimum atomic E-state index is -0.310. The van der Waals surface area contributed by atoms with Crippen molar-refractivity contribution < 1.29 is 4.92 Å². The van der Waals surface area contributed by atoms with Crippen molar-refractivity contribution in [2.75, 3.05) is 37.3 Å². The van der Waals surface area contributed by atoms with Crippen LogP contribution in [0.1, 0.15) is 12.8 Å². The van der Waals surface area contributed by atoms with Gasteiger partial charge in [0.05, 0.1) is 4.92 Å². The fourth-order valence-electron chi connectivity index (χ4n) is 3.39. The van der Waals surface area contributed by atoms with Crippen molar-refractivity contribution in [3.63, 3.8) is 0 Å². The molecule has 0 amide bonds. The second-order valence-corrected chi connectivity index (χ2v) is 5.60. The van der Waals surface area contributed by atoms with E-state index in [4.69, 9.17) is 0 Å². The second kappa shape index (κ2) is 5.28. The van der Waals surface area contributed by atoms with Crippen LogP contribution in [0.2, 0.25) is 0 Å². The second-order valence-electron chi connectivity index (χ2n) is 5.60. The quantitative estimate of drug-likeness (QED) is 0.651. The largest absolute Gasteiger partial charge is 0.382 e. The number of hydrogen-bond donors (Lipinski definition) is 2. The average molecular weight is 276 g/mol. The molecule has 0 aromatic heterocycles. The van der Waals surface area contributed by atoms with Crippen LogP contribution >= 0.6 is 0 Å². The highest BCUT2D eigenvalue weighted by Crippen LogP contribution is 2.36. The van der Waals surface area contributed by atoms with E-state index in [1.165, 1.54) is 25.9 Å². The lowest BCUT2D eigenvalue weighted by Gasteiger charge is -2.45. The molecule has 0 aliphatic carbocycles. The average Bonchev–Trinajstić information content (AvgIpc) is 2.48. The van der Waals surface area contributed by atoms with E-state index in [0.29, 0.717) is 23.3 Å². The summed E-state index contributed by atoms with van der Waals surface area (Å²) in [5.41, 5.74) is 1.33. The van der Waals surface area contributed by atoms with Crippen LogP contribution in [-0.4, -0.2) is 42.5 Å². The van der Waals surface area contributed by atoms with E-state index in [1.807, 2.05) is 6.07 Å². The molecule has 1 unspecified atom stereocenters. The molecule has 20 heavy (non-hydrogen) atoms. The summed E-state index contributed by atoms with van der Waals surface area (Å²) in [4.78, 5) is 13.4. The van der Waals surface area contributed by atoms with Gasteiger partial charge in [-0.3, -0.25) is 10.1 Å². The highest BCUT2D eigenvalue weighted by Gasteiger charge is 2.35. The highest BCUT2D eigenvalue weighted by molar-refractivity contribution is 5.76. The zero-order valence-electron chi connectivity index (χ0n) is 11.6. The molecular weight excluding hydrogens is 256 g/mol.